The first-order chi connectivity index (χ1) is 8.09. The van der Waals surface area contributed by atoms with Crippen LogP contribution in [0.2, 0.25) is 0 Å². The van der Waals surface area contributed by atoms with Gasteiger partial charge in [0.25, 0.3) is 0 Å². The number of nitrogens with one attached hydrogen (secondary N) is 1. The summed E-state index contributed by atoms with van der Waals surface area (Å²) in [5.41, 5.74) is 0. The van der Waals surface area contributed by atoms with Gasteiger partial charge in [-0.2, -0.15) is 4.31 Å². The van der Waals surface area contributed by atoms with E-state index < -0.39 is 10.0 Å². The molecule has 18 heavy (non-hydrogen) atoms. The van der Waals surface area contributed by atoms with Crippen molar-refractivity contribution in [3.63, 3.8) is 0 Å². The standard InChI is InChI=1S/C11H22N2O3S.ClH/c1-10-8-12-5-6-13(10)17(14,15)9-11-4-2-3-7-16-11;/h10-12H,2-9H2,1H3;1H. The Bertz CT molecular complexity index is 344. The van der Waals surface area contributed by atoms with Gasteiger partial charge in [-0.1, -0.05) is 0 Å². The number of rotatable bonds is 3. The summed E-state index contributed by atoms with van der Waals surface area (Å²) in [6, 6.07) is 0.0531. The zero-order chi connectivity index (χ0) is 12.3. The molecule has 1 N–H and O–H groups in total. The summed E-state index contributed by atoms with van der Waals surface area (Å²) < 4.78 is 31.7. The van der Waals surface area contributed by atoms with Gasteiger partial charge in [0.1, 0.15) is 0 Å². The third-order valence-corrected chi connectivity index (χ3v) is 5.52. The smallest absolute Gasteiger partial charge is 0.216 e. The predicted octanol–water partition coefficient (Wildman–Crippen LogP) is 0.601. The van der Waals surface area contributed by atoms with E-state index >= 15 is 0 Å². The second kappa shape index (κ2) is 7.05. The number of piperazine rings is 1. The van der Waals surface area contributed by atoms with Gasteiger partial charge < -0.3 is 10.1 Å². The molecule has 0 spiro atoms. The van der Waals surface area contributed by atoms with E-state index in [9.17, 15) is 8.42 Å². The lowest BCUT2D eigenvalue weighted by molar-refractivity contribution is 0.0296. The zero-order valence-electron chi connectivity index (χ0n) is 10.8. The Morgan fingerprint density at radius 1 is 1.39 bits per heavy atom. The van der Waals surface area contributed by atoms with Gasteiger partial charge in [0.15, 0.2) is 0 Å². The molecule has 2 rings (SSSR count). The van der Waals surface area contributed by atoms with Crippen molar-refractivity contribution in [1.82, 2.24) is 9.62 Å². The summed E-state index contributed by atoms with van der Waals surface area (Å²) in [5.74, 6) is 0.150. The highest BCUT2D eigenvalue weighted by molar-refractivity contribution is 7.89. The van der Waals surface area contributed by atoms with Crippen molar-refractivity contribution >= 4 is 22.4 Å². The maximum atomic E-state index is 12.3. The molecule has 2 unspecified atom stereocenters. The summed E-state index contributed by atoms with van der Waals surface area (Å²) in [6.07, 6.45) is 2.91. The lowest BCUT2D eigenvalue weighted by Gasteiger charge is -2.34. The van der Waals surface area contributed by atoms with Crippen LogP contribution in [0.25, 0.3) is 0 Å². The molecule has 0 bridgehead atoms. The van der Waals surface area contributed by atoms with E-state index in [1.165, 1.54) is 0 Å². The van der Waals surface area contributed by atoms with Gasteiger partial charge in [-0.25, -0.2) is 8.42 Å². The van der Waals surface area contributed by atoms with Crippen molar-refractivity contribution in [2.75, 3.05) is 32.0 Å². The van der Waals surface area contributed by atoms with Crippen LogP contribution in [0.5, 0.6) is 0 Å². The van der Waals surface area contributed by atoms with E-state index in [0.717, 1.165) is 32.4 Å². The number of sulfonamides is 1. The highest BCUT2D eigenvalue weighted by Gasteiger charge is 2.32. The number of nitrogens with zero attached hydrogens (tertiary/aromatic N) is 1. The second-order valence-electron chi connectivity index (χ2n) is 4.93. The van der Waals surface area contributed by atoms with Crippen LogP contribution < -0.4 is 5.32 Å². The van der Waals surface area contributed by atoms with E-state index in [2.05, 4.69) is 5.32 Å². The van der Waals surface area contributed by atoms with Gasteiger partial charge >= 0.3 is 0 Å². The summed E-state index contributed by atoms with van der Waals surface area (Å²) >= 11 is 0. The fourth-order valence-electron chi connectivity index (χ4n) is 2.51. The quantitative estimate of drug-likeness (QED) is 0.829. The van der Waals surface area contributed by atoms with E-state index in [-0.39, 0.29) is 30.3 Å². The molecule has 2 aliphatic rings. The molecule has 2 heterocycles. The van der Waals surface area contributed by atoms with Crippen LogP contribution in [-0.2, 0) is 14.8 Å². The summed E-state index contributed by atoms with van der Waals surface area (Å²) in [6.45, 7) is 4.72. The minimum Gasteiger partial charge on any atom is -0.377 e. The molecule has 0 aromatic heterocycles. The van der Waals surface area contributed by atoms with Gasteiger partial charge in [-0.05, 0) is 26.2 Å². The van der Waals surface area contributed by atoms with Gasteiger partial charge in [-0.15, -0.1) is 12.4 Å². The monoisotopic (exact) mass is 298 g/mol. The summed E-state index contributed by atoms with van der Waals surface area (Å²) in [7, 11) is -3.16. The Balaban J connectivity index is 0.00000162. The fraction of sp³-hybridized carbons (Fsp3) is 1.00. The van der Waals surface area contributed by atoms with Crippen molar-refractivity contribution in [3.8, 4) is 0 Å². The molecule has 7 heteroatoms. The molecular formula is C11H23ClN2O3S. The van der Waals surface area contributed by atoms with Crippen molar-refractivity contribution in [3.05, 3.63) is 0 Å². The average molecular weight is 299 g/mol. The molecule has 5 nitrogen and oxygen atoms in total. The molecule has 0 aliphatic carbocycles. The second-order valence-corrected chi connectivity index (χ2v) is 6.90. The Morgan fingerprint density at radius 3 is 2.78 bits per heavy atom. The number of ether oxygens (including phenoxy) is 1. The van der Waals surface area contributed by atoms with Crippen LogP contribution in [0.1, 0.15) is 26.2 Å². The largest absolute Gasteiger partial charge is 0.377 e. The normalized spacial score (nSPS) is 30.7. The predicted molar refractivity (Wildman–Crippen MR) is 73.7 cm³/mol. The van der Waals surface area contributed by atoms with Crippen LogP contribution in [0.3, 0.4) is 0 Å². The van der Waals surface area contributed by atoms with Gasteiger partial charge in [0.05, 0.1) is 11.9 Å². The Morgan fingerprint density at radius 2 is 2.17 bits per heavy atom. The molecular weight excluding hydrogens is 276 g/mol. The van der Waals surface area contributed by atoms with E-state index in [1.54, 1.807) is 4.31 Å². The Kier molecular flexibility index (Phi) is 6.34. The average Bonchev–Trinajstić information content (AvgIpc) is 2.30. The van der Waals surface area contributed by atoms with Crippen molar-refractivity contribution in [1.29, 1.82) is 0 Å². The molecule has 0 aromatic rings. The van der Waals surface area contributed by atoms with Crippen molar-refractivity contribution in [2.45, 2.75) is 38.3 Å². The van der Waals surface area contributed by atoms with Crippen LogP contribution in [0.4, 0.5) is 0 Å². The summed E-state index contributed by atoms with van der Waals surface area (Å²) in [5, 5.41) is 3.20. The third-order valence-electron chi connectivity index (χ3n) is 3.47. The molecule has 2 atom stereocenters. The first-order valence-corrected chi connectivity index (χ1v) is 8.02. The maximum Gasteiger partial charge on any atom is 0.216 e. The Labute approximate surface area is 116 Å². The molecule has 0 aromatic carbocycles. The molecule has 0 radical (unpaired) electrons. The molecule has 2 saturated heterocycles. The zero-order valence-corrected chi connectivity index (χ0v) is 12.4. The third kappa shape index (κ3) is 4.06. The van der Waals surface area contributed by atoms with E-state index in [4.69, 9.17) is 4.74 Å². The van der Waals surface area contributed by atoms with Crippen LogP contribution in [-0.4, -0.2) is 56.9 Å². The van der Waals surface area contributed by atoms with Gasteiger partial charge in [0, 0.05) is 32.3 Å². The fourth-order valence-corrected chi connectivity index (χ4v) is 4.42. The number of hydrogen-bond acceptors (Lipinski definition) is 4. The molecule has 108 valence electrons. The molecule has 2 aliphatic heterocycles. The van der Waals surface area contributed by atoms with Crippen LogP contribution >= 0.6 is 12.4 Å². The van der Waals surface area contributed by atoms with E-state index in [0.29, 0.717) is 13.2 Å². The lowest BCUT2D eigenvalue weighted by Crippen LogP contribution is -2.53. The van der Waals surface area contributed by atoms with Gasteiger partial charge in [-0.3, -0.25) is 0 Å². The molecule has 0 saturated carbocycles. The first-order valence-electron chi connectivity index (χ1n) is 6.41. The van der Waals surface area contributed by atoms with Gasteiger partial charge in [0.2, 0.25) is 10.0 Å². The van der Waals surface area contributed by atoms with Crippen molar-refractivity contribution < 1.29 is 13.2 Å². The maximum absolute atomic E-state index is 12.3. The number of halogens is 1. The molecule has 2 fully saturated rings. The minimum atomic E-state index is -3.16. The van der Waals surface area contributed by atoms with Crippen molar-refractivity contribution in [2.24, 2.45) is 0 Å². The summed E-state index contributed by atoms with van der Waals surface area (Å²) in [4.78, 5) is 0. The number of hydrogen-bond donors (Lipinski definition) is 1. The molecule has 0 amide bonds. The minimum absolute atomic E-state index is 0. The Hall–Kier alpha value is 0.120. The topological polar surface area (TPSA) is 58.6 Å². The van der Waals surface area contributed by atoms with Crippen LogP contribution in [0.15, 0.2) is 0 Å². The SMILES string of the molecule is CC1CNCCN1S(=O)(=O)CC1CCCCO1.Cl. The first kappa shape index (κ1) is 16.2. The van der Waals surface area contributed by atoms with Crippen LogP contribution in [0, 0.1) is 0 Å². The highest BCUT2D eigenvalue weighted by atomic mass is 35.5. The highest BCUT2D eigenvalue weighted by Crippen LogP contribution is 2.18. The van der Waals surface area contributed by atoms with E-state index in [1.807, 2.05) is 6.92 Å². The lowest BCUT2D eigenvalue weighted by atomic mass is 10.1.